The van der Waals surface area contributed by atoms with E-state index in [9.17, 15) is 9.59 Å². The van der Waals surface area contributed by atoms with Crippen LogP contribution in [-0.2, 0) is 5.54 Å². The molecule has 110 valence electrons. The standard InChI is InChI=1S/C14H14BrN3O3/c1-14(2,8-3-5-9(15)6-4-8)18-12(19)10-11(13(20)21)17-7-16-10/h3-7H,1-2H3,(H,16,17)(H,18,19)(H,20,21). The lowest BCUT2D eigenvalue weighted by Gasteiger charge is -2.26. The van der Waals surface area contributed by atoms with Crippen LogP contribution >= 0.6 is 15.9 Å². The summed E-state index contributed by atoms with van der Waals surface area (Å²) < 4.78 is 0.939. The first-order valence-corrected chi connectivity index (χ1v) is 6.96. The minimum Gasteiger partial charge on any atom is -0.477 e. The molecule has 0 bridgehead atoms. The minimum atomic E-state index is -1.22. The molecule has 0 atom stereocenters. The van der Waals surface area contributed by atoms with E-state index in [1.165, 1.54) is 6.33 Å². The molecule has 6 nitrogen and oxygen atoms in total. The number of halogens is 1. The van der Waals surface area contributed by atoms with Crippen LogP contribution in [0.4, 0.5) is 0 Å². The van der Waals surface area contributed by atoms with Crippen LogP contribution < -0.4 is 5.32 Å². The van der Waals surface area contributed by atoms with Crippen LogP contribution in [0.3, 0.4) is 0 Å². The van der Waals surface area contributed by atoms with Crippen molar-refractivity contribution in [1.29, 1.82) is 0 Å². The van der Waals surface area contributed by atoms with Crippen molar-refractivity contribution < 1.29 is 14.7 Å². The van der Waals surface area contributed by atoms with Crippen molar-refractivity contribution in [2.24, 2.45) is 0 Å². The molecule has 0 aliphatic carbocycles. The molecule has 1 amide bonds. The molecule has 3 N–H and O–H groups in total. The van der Waals surface area contributed by atoms with Crippen molar-refractivity contribution in [3.05, 3.63) is 52.0 Å². The van der Waals surface area contributed by atoms with Gasteiger partial charge in [0, 0.05) is 4.47 Å². The molecule has 7 heteroatoms. The second-order valence-electron chi connectivity index (χ2n) is 5.02. The van der Waals surface area contributed by atoms with Gasteiger partial charge < -0.3 is 15.4 Å². The highest BCUT2D eigenvalue weighted by molar-refractivity contribution is 9.10. The number of nitrogens with zero attached hydrogens (tertiary/aromatic N) is 1. The number of hydrogen-bond donors (Lipinski definition) is 3. The topological polar surface area (TPSA) is 95.1 Å². The smallest absolute Gasteiger partial charge is 0.354 e. The van der Waals surface area contributed by atoms with Gasteiger partial charge in [-0.25, -0.2) is 9.78 Å². The van der Waals surface area contributed by atoms with Gasteiger partial charge >= 0.3 is 5.97 Å². The Kier molecular flexibility index (Phi) is 4.13. The maximum Gasteiger partial charge on any atom is 0.354 e. The molecule has 1 heterocycles. The van der Waals surface area contributed by atoms with E-state index in [0.29, 0.717) is 0 Å². The Morgan fingerprint density at radius 2 is 1.90 bits per heavy atom. The van der Waals surface area contributed by atoms with Crippen LogP contribution in [0.25, 0.3) is 0 Å². The number of aromatic carboxylic acids is 1. The zero-order valence-electron chi connectivity index (χ0n) is 11.5. The Morgan fingerprint density at radius 3 is 2.48 bits per heavy atom. The summed E-state index contributed by atoms with van der Waals surface area (Å²) in [5.41, 5.74) is -0.120. The highest BCUT2D eigenvalue weighted by Crippen LogP contribution is 2.22. The first-order valence-electron chi connectivity index (χ1n) is 6.16. The van der Waals surface area contributed by atoms with E-state index in [4.69, 9.17) is 5.11 Å². The first kappa shape index (κ1) is 15.2. The third-order valence-electron chi connectivity index (χ3n) is 3.06. The molecule has 0 saturated carbocycles. The molecule has 0 unspecified atom stereocenters. The SMILES string of the molecule is CC(C)(NC(=O)c1nc[nH]c1C(=O)O)c1ccc(Br)cc1. The van der Waals surface area contributed by atoms with Gasteiger partial charge in [0.25, 0.3) is 5.91 Å². The van der Waals surface area contributed by atoms with Gasteiger partial charge in [-0.3, -0.25) is 4.79 Å². The fourth-order valence-corrected chi connectivity index (χ4v) is 2.18. The van der Waals surface area contributed by atoms with Crippen molar-refractivity contribution in [1.82, 2.24) is 15.3 Å². The van der Waals surface area contributed by atoms with E-state index in [-0.39, 0.29) is 11.4 Å². The Labute approximate surface area is 129 Å². The lowest BCUT2D eigenvalue weighted by atomic mass is 9.94. The van der Waals surface area contributed by atoms with E-state index < -0.39 is 17.4 Å². The number of amides is 1. The lowest BCUT2D eigenvalue weighted by Crippen LogP contribution is -2.41. The van der Waals surface area contributed by atoms with Gasteiger partial charge in [0.15, 0.2) is 11.4 Å². The molecule has 2 aromatic rings. The maximum absolute atomic E-state index is 12.2. The predicted octanol–water partition coefficient (Wildman–Crippen LogP) is 2.54. The van der Waals surface area contributed by atoms with Crippen molar-refractivity contribution in [3.8, 4) is 0 Å². The van der Waals surface area contributed by atoms with Gasteiger partial charge in [-0.1, -0.05) is 28.1 Å². The van der Waals surface area contributed by atoms with Crippen molar-refractivity contribution >= 4 is 27.8 Å². The molecule has 2 rings (SSSR count). The third kappa shape index (κ3) is 3.30. The normalized spacial score (nSPS) is 11.2. The number of rotatable bonds is 4. The van der Waals surface area contributed by atoms with Gasteiger partial charge in [-0.05, 0) is 31.5 Å². The molecule has 1 aromatic carbocycles. The second-order valence-corrected chi connectivity index (χ2v) is 5.93. The number of aromatic amines is 1. The van der Waals surface area contributed by atoms with Gasteiger partial charge in [0.1, 0.15) is 0 Å². The van der Waals surface area contributed by atoms with Crippen molar-refractivity contribution in [2.45, 2.75) is 19.4 Å². The van der Waals surface area contributed by atoms with E-state index in [2.05, 4.69) is 31.2 Å². The van der Waals surface area contributed by atoms with Crippen LogP contribution in [0.5, 0.6) is 0 Å². The average molecular weight is 352 g/mol. The molecule has 0 saturated heterocycles. The zero-order chi connectivity index (χ0) is 15.6. The van der Waals surface area contributed by atoms with Gasteiger partial charge in [-0.2, -0.15) is 0 Å². The average Bonchev–Trinajstić information content (AvgIpc) is 2.88. The summed E-state index contributed by atoms with van der Waals surface area (Å²) in [4.78, 5) is 29.4. The molecule has 0 spiro atoms. The number of H-pyrrole nitrogens is 1. The molecule has 0 fully saturated rings. The molecular weight excluding hydrogens is 338 g/mol. The van der Waals surface area contributed by atoms with Crippen LogP contribution in [0, 0.1) is 0 Å². The Hall–Kier alpha value is -2.15. The molecule has 21 heavy (non-hydrogen) atoms. The zero-order valence-corrected chi connectivity index (χ0v) is 13.1. The highest BCUT2D eigenvalue weighted by Gasteiger charge is 2.27. The fourth-order valence-electron chi connectivity index (χ4n) is 1.91. The molecule has 0 radical (unpaired) electrons. The van der Waals surface area contributed by atoms with Crippen molar-refractivity contribution in [3.63, 3.8) is 0 Å². The minimum absolute atomic E-state index is 0.132. The summed E-state index contributed by atoms with van der Waals surface area (Å²) in [6.45, 7) is 3.67. The number of carboxylic acid groups (broad SMARTS) is 1. The first-order chi connectivity index (χ1) is 9.81. The Morgan fingerprint density at radius 1 is 1.29 bits per heavy atom. The summed E-state index contributed by atoms with van der Waals surface area (Å²) in [6.07, 6.45) is 1.19. The summed E-state index contributed by atoms with van der Waals surface area (Å²) >= 11 is 3.35. The summed E-state index contributed by atoms with van der Waals surface area (Å²) in [6, 6.07) is 7.51. The van der Waals surface area contributed by atoms with Gasteiger partial charge in [0.05, 0.1) is 11.9 Å². The highest BCUT2D eigenvalue weighted by atomic mass is 79.9. The molecule has 1 aromatic heterocycles. The molecule has 0 aliphatic heterocycles. The number of nitrogens with one attached hydrogen (secondary N) is 2. The fraction of sp³-hybridized carbons (Fsp3) is 0.214. The predicted molar refractivity (Wildman–Crippen MR) is 80.2 cm³/mol. The van der Waals surface area contributed by atoms with Crippen LogP contribution in [0.15, 0.2) is 35.1 Å². The Bertz CT molecular complexity index is 677. The number of carbonyl (C=O) groups excluding carboxylic acids is 1. The molecular formula is C14H14BrN3O3. The number of aromatic nitrogens is 2. The number of imidazole rings is 1. The number of carboxylic acids is 1. The van der Waals surface area contributed by atoms with Gasteiger partial charge in [-0.15, -0.1) is 0 Å². The molecule has 0 aliphatic rings. The lowest BCUT2D eigenvalue weighted by molar-refractivity contribution is 0.0683. The number of benzene rings is 1. The summed E-state index contributed by atoms with van der Waals surface area (Å²) in [5, 5.41) is 11.8. The number of carbonyl (C=O) groups is 2. The van der Waals surface area contributed by atoms with Crippen LogP contribution in [0.2, 0.25) is 0 Å². The largest absolute Gasteiger partial charge is 0.477 e. The van der Waals surface area contributed by atoms with Gasteiger partial charge in [0.2, 0.25) is 0 Å². The summed E-state index contributed by atoms with van der Waals surface area (Å²) in [5.74, 6) is -1.76. The van der Waals surface area contributed by atoms with E-state index >= 15 is 0 Å². The van der Waals surface area contributed by atoms with E-state index in [1.54, 1.807) is 0 Å². The van der Waals surface area contributed by atoms with Crippen molar-refractivity contribution in [2.75, 3.05) is 0 Å². The number of hydrogen-bond acceptors (Lipinski definition) is 3. The third-order valence-corrected chi connectivity index (χ3v) is 3.59. The second kappa shape index (κ2) is 5.69. The van der Waals surface area contributed by atoms with E-state index in [0.717, 1.165) is 10.0 Å². The quantitative estimate of drug-likeness (QED) is 0.788. The van der Waals surface area contributed by atoms with E-state index in [1.807, 2.05) is 38.1 Å². The van der Waals surface area contributed by atoms with Crippen LogP contribution in [0.1, 0.15) is 40.4 Å². The monoisotopic (exact) mass is 351 g/mol. The van der Waals surface area contributed by atoms with Crippen LogP contribution in [-0.4, -0.2) is 27.0 Å². The summed E-state index contributed by atoms with van der Waals surface area (Å²) in [7, 11) is 0. The maximum atomic E-state index is 12.2. The Balaban J connectivity index is 2.23.